The van der Waals surface area contributed by atoms with Crippen LogP contribution in [0.5, 0.6) is 11.6 Å². The van der Waals surface area contributed by atoms with Crippen molar-refractivity contribution in [1.29, 1.82) is 5.26 Å². The van der Waals surface area contributed by atoms with Crippen LogP contribution in [0.15, 0.2) is 78.9 Å². The second kappa shape index (κ2) is 9.21. The number of nitrogens with two attached hydrogens (primary N) is 1. The van der Waals surface area contributed by atoms with Gasteiger partial charge in [-0.3, -0.25) is 0 Å². The van der Waals surface area contributed by atoms with Crippen molar-refractivity contribution in [2.45, 2.75) is 13.3 Å². The zero-order valence-corrected chi connectivity index (χ0v) is 17.2. The van der Waals surface area contributed by atoms with Gasteiger partial charge in [-0.1, -0.05) is 60.7 Å². The summed E-state index contributed by atoms with van der Waals surface area (Å²) in [5, 5.41) is 9.44. The van der Waals surface area contributed by atoms with E-state index in [0.717, 1.165) is 23.1 Å². The molecule has 1 aromatic heterocycles. The van der Waals surface area contributed by atoms with Crippen molar-refractivity contribution in [3.05, 3.63) is 95.8 Å². The van der Waals surface area contributed by atoms with Crippen molar-refractivity contribution in [3.8, 4) is 40.1 Å². The minimum Gasteiger partial charge on any atom is -0.438 e. The van der Waals surface area contributed by atoms with Crippen molar-refractivity contribution in [2.75, 3.05) is 6.54 Å². The highest BCUT2D eigenvalue weighted by molar-refractivity contribution is 5.71. The molecule has 0 aliphatic carbocycles. The van der Waals surface area contributed by atoms with Crippen LogP contribution in [0.2, 0.25) is 0 Å². The summed E-state index contributed by atoms with van der Waals surface area (Å²) in [6.07, 6.45) is 0.853. The number of hydrogen-bond acceptors (Lipinski definition) is 5. The number of aryl methyl sites for hydroxylation is 1. The standard InChI is InChI=1S/C26H22N4O/c1-18-29-24(22-7-3-2-6-21(22)17-28)16-26(30-18)31-25-9-5-4-8-23(25)20-12-10-19(11-13-20)14-15-27/h2-13,16H,14-15,27H2,1H3. The maximum Gasteiger partial charge on any atom is 0.223 e. The van der Waals surface area contributed by atoms with Gasteiger partial charge in [0.25, 0.3) is 0 Å². The fourth-order valence-corrected chi connectivity index (χ4v) is 3.46. The van der Waals surface area contributed by atoms with Gasteiger partial charge in [-0.25, -0.2) is 4.98 Å². The molecule has 0 aliphatic heterocycles. The Morgan fingerprint density at radius 3 is 2.35 bits per heavy atom. The third-order valence-corrected chi connectivity index (χ3v) is 4.94. The quantitative estimate of drug-likeness (QED) is 0.471. The third-order valence-electron chi connectivity index (χ3n) is 4.94. The summed E-state index contributed by atoms with van der Waals surface area (Å²) in [5.74, 6) is 1.71. The van der Waals surface area contributed by atoms with Gasteiger partial charge in [0.05, 0.1) is 17.3 Å². The van der Waals surface area contributed by atoms with Crippen molar-refractivity contribution in [1.82, 2.24) is 9.97 Å². The number of hydrogen-bond donors (Lipinski definition) is 1. The van der Waals surface area contributed by atoms with Gasteiger partial charge in [0, 0.05) is 17.2 Å². The Kier molecular flexibility index (Phi) is 6.02. The maximum absolute atomic E-state index is 9.44. The van der Waals surface area contributed by atoms with Gasteiger partial charge in [0.2, 0.25) is 5.88 Å². The monoisotopic (exact) mass is 406 g/mol. The van der Waals surface area contributed by atoms with Crippen molar-refractivity contribution >= 4 is 0 Å². The molecule has 5 heteroatoms. The molecule has 152 valence electrons. The summed E-state index contributed by atoms with van der Waals surface area (Å²) >= 11 is 0. The van der Waals surface area contributed by atoms with Crippen LogP contribution in [0, 0.1) is 18.3 Å². The first-order valence-corrected chi connectivity index (χ1v) is 10.1. The lowest BCUT2D eigenvalue weighted by atomic mass is 10.0. The van der Waals surface area contributed by atoms with E-state index in [1.54, 1.807) is 12.1 Å². The predicted octanol–water partition coefficient (Wildman–Crippen LogP) is 5.28. The highest BCUT2D eigenvalue weighted by Gasteiger charge is 2.12. The largest absolute Gasteiger partial charge is 0.438 e. The Morgan fingerprint density at radius 1 is 0.903 bits per heavy atom. The lowest BCUT2D eigenvalue weighted by Gasteiger charge is -2.13. The molecule has 2 N–H and O–H groups in total. The number of para-hydroxylation sites is 1. The molecule has 3 aromatic carbocycles. The number of rotatable bonds is 6. The van der Waals surface area contributed by atoms with E-state index in [0.29, 0.717) is 35.3 Å². The molecule has 0 aliphatic rings. The van der Waals surface area contributed by atoms with E-state index in [4.69, 9.17) is 10.5 Å². The van der Waals surface area contributed by atoms with Crippen LogP contribution < -0.4 is 10.5 Å². The van der Waals surface area contributed by atoms with Gasteiger partial charge in [0.1, 0.15) is 11.6 Å². The average molecular weight is 406 g/mol. The molecule has 0 bridgehead atoms. The molecular weight excluding hydrogens is 384 g/mol. The SMILES string of the molecule is Cc1nc(Oc2ccccc2-c2ccc(CCN)cc2)cc(-c2ccccc2C#N)n1. The van der Waals surface area contributed by atoms with Crippen LogP contribution in [0.4, 0.5) is 0 Å². The topological polar surface area (TPSA) is 84.8 Å². The molecule has 0 unspecified atom stereocenters. The minimum atomic E-state index is 0.433. The fourth-order valence-electron chi connectivity index (χ4n) is 3.46. The first kappa shape index (κ1) is 20.3. The first-order chi connectivity index (χ1) is 15.2. The molecule has 0 atom stereocenters. The Hall–Kier alpha value is -4.01. The summed E-state index contributed by atoms with van der Waals surface area (Å²) in [5.41, 5.74) is 10.9. The van der Waals surface area contributed by atoms with Crippen molar-refractivity contribution in [2.24, 2.45) is 5.73 Å². The number of nitriles is 1. The third kappa shape index (κ3) is 4.61. The van der Waals surface area contributed by atoms with Crippen LogP contribution in [0.1, 0.15) is 17.0 Å². The smallest absolute Gasteiger partial charge is 0.223 e. The van der Waals surface area contributed by atoms with Gasteiger partial charge < -0.3 is 10.5 Å². The van der Waals surface area contributed by atoms with Crippen LogP contribution in [-0.2, 0) is 6.42 Å². The van der Waals surface area contributed by atoms with Gasteiger partial charge in [-0.05, 0) is 43.1 Å². The van der Waals surface area contributed by atoms with Gasteiger partial charge >= 0.3 is 0 Å². The average Bonchev–Trinajstić information content (AvgIpc) is 2.80. The fraction of sp³-hybridized carbons (Fsp3) is 0.115. The van der Waals surface area contributed by atoms with Crippen molar-refractivity contribution < 1.29 is 4.74 Å². The maximum atomic E-state index is 9.44. The molecule has 0 saturated carbocycles. The number of aromatic nitrogens is 2. The van der Waals surface area contributed by atoms with Crippen LogP contribution in [0.3, 0.4) is 0 Å². The molecule has 4 rings (SSSR count). The normalized spacial score (nSPS) is 10.5. The molecule has 5 nitrogen and oxygen atoms in total. The summed E-state index contributed by atoms with van der Waals surface area (Å²) in [4.78, 5) is 8.96. The van der Waals surface area contributed by atoms with Gasteiger partial charge in [-0.2, -0.15) is 10.2 Å². The van der Waals surface area contributed by atoms with E-state index in [1.807, 2.05) is 49.4 Å². The molecular formula is C26H22N4O. The second-order valence-electron chi connectivity index (χ2n) is 7.13. The van der Waals surface area contributed by atoms with Gasteiger partial charge in [-0.15, -0.1) is 0 Å². The summed E-state index contributed by atoms with van der Waals surface area (Å²) in [7, 11) is 0. The zero-order valence-electron chi connectivity index (χ0n) is 17.2. The molecule has 4 aromatic rings. The highest BCUT2D eigenvalue weighted by Crippen LogP contribution is 2.34. The van der Waals surface area contributed by atoms with Crippen LogP contribution >= 0.6 is 0 Å². The molecule has 0 amide bonds. The lowest BCUT2D eigenvalue weighted by Crippen LogP contribution is -2.02. The Morgan fingerprint density at radius 2 is 1.61 bits per heavy atom. The van der Waals surface area contributed by atoms with E-state index < -0.39 is 0 Å². The molecule has 0 spiro atoms. The Balaban J connectivity index is 1.69. The number of ether oxygens (including phenoxy) is 1. The van der Waals surface area contributed by atoms with E-state index >= 15 is 0 Å². The summed E-state index contributed by atoms with van der Waals surface area (Å²) in [6, 6.07) is 27.5. The van der Waals surface area contributed by atoms with E-state index in [-0.39, 0.29) is 0 Å². The molecule has 31 heavy (non-hydrogen) atoms. The molecule has 0 saturated heterocycles. The predicted molar refractivity (Wildman–Crippen MR) is 122 cm³/mol. The second-order valence-corrected chi connectivity index (χ2v) is 7.13. The van der Waals surface area contributed by atoms with E-state index in [1.165, 1.54) is 5.56 Å². The Bertz CT molecular complexity index is 1240. The molecule has 0 radical (unpaired) electrons. The summed E-state index contributed by atoms with van der Waals surface area (Å²) < 4.78 is 6.20. The lowest BCUT2D eigenvalue weighted by molar-refractivity contribution is 0.462. The Labute approximate surface area is 181 Å². The van der Waals surface area contributed by atoms with Gasteiger partial charge in [0.15, 0.2) is 0 Å². The first-order valence-electron chi connectivity index (χ1n) is 10.1. The van der Waals surface area contributed by atoms with Crippen molar-refractivity contribution in [3.63, 3.8) is 0 Å². The zero-order chi connectivity index (χ0) is 21.6. The van der Waals surface area contributed by atoms with E-state index in [2.05, 4.69) is 40.3 Å². The molecule has 1 heterocycles. The minimum absolute atomic E-state index is 0.433. The summed E-state index contributed by atoms with van der Waals surface area (Å²) in [6.45, 7) is 2.44. The highest BCUT2D eigenvalue weighted by atomic mass is 16.5. The van der Waals surface area contributed by atoms with Crippen LogP contribution in [-0.4, -0.2) is 16.5 Å². The van der Waals surface area contributed by atoms with E-state index in [9.17, 15) is 5.26 Å². The number of benzene rings is 3. The number of nitrogens with zero attached hydrogens (tertiary/aromatic N) is 3. The van der Waals surface area contributed by atoms with Crippen LogP contribution in [0.25, 0.3) is 22.4 Å². The molecule has 0 fully saturated rings.